The molecule has 0 fully saturated rings. The fraction of sp³-hybridized carbons (Fsp3) is 0.357. The maximum Gasteiger partial charge on any atom is 0.223 e. The van der Waals surface area contributed by atoms with Gasteiger partial charge in [-0.1, -0.05) is 0 Å². The highest BCUT2D eigenvalue weighted by molar-refractivity contribution is 5.99. The van der Waals surface area contributed by atoms with Gasteiger partial charge in [-0.2, -0.15) is 30.0 Å². The lowest BCUT2D eigenvalue weighted by atomic mass is 10.4. The van der Waals surface area contributed by atoms with Crippen LogP contribution in [0.2, 0.25) is 0 Å². The van der Waals surface area contributed by atoms with Gasteiger partial charge in [0.1, 0.15) is 0 Å². The number of nitrogens with one attached hydrogen (secondary N) is 15. The lowest BCUT2D eigenvalue weighted by Crippen LogP contribution is -2.45. The van der Waals surface area contributed by atoms with Gasteiger partial charge in [-0.15, -0.1) is 0 Å². The van der Waals surface area contributed by atoms with Crippen LogP contribution in [-0.2, 0) is 58.9 Å². The maximum absolute atomic E-state index is 7.80. The predicted octanol–water partition coefficient (Wildman–Crippen LogP) is -0.761. The third-order valence-electron chi connectivity index (χ3n) is 17.6. The van der Waals surface area contributed by atoms with Crippen LogP contribution in [0.1, 0.15) is 102 Å². The fourth-order valence-electron chi connectivity index (χ4n) is 10.5. The molecular formula is C84H150N54. The SMILES string of the molecule is CN=C(N)N=C(N)N(C)Cc1ccc(C)[nH]1.CN=C(N)NC(N)=NCc1ccc(C)[nH]1.CN=C(N=C(N)N)N(C)Cc1ccc(C)[nH]1.CN=C(N=C(N)N)NCc1ccc(C)[nH]1.Cc1ccc(CN(C)C(=N)N(C)C(=N)N)[nH]1.Cc1ccc(CN(C)C(=N)N=C(N)N)[nH]1.Cc1ccc(CN=C(N)N(C)C(=N)N)[nH]1.Cc1ccc(CN=C(N)N=C(N)N(C)C)[nH]1.Cc1ccc(CN=C(N)N=C(N)N)[nH]1. The monoisotopic (exact) mass is 1920 g/mol. The Morgan fingerprint density at radius 2 is 0.609 bits per heavy atom. The molecule has 756 valence electrons. The molecule has 54 nitrogen and oxygen atoms in total. The first-order chi connectivity index (χ1) is 64.7. The average molecular weight is 1920 g/mol. The van der Waals surface area contributed by atoms with Gasteiger partial charge in [0.2, 0.25) is 35.8 Å². The first-order valence-electron chi connectivity index (χ1n) is 42.1. The summed E-state index contributed by atoms with van der Waals surface area (Å²) in [5, 5.41) is 35.4. The fourth-order valence-corrected chi connectivity index (χ4v) is 10.5. The second kappa shape index (κ2) is 62.5. The number of nitrogens with zero attached hydrogens (tertiary/aromatic N) is 21. The highest BCUT2D eigenvalue weighted by atomic mass is 15.4. The van der Waals surface area contributed by atoms with E-state index >= 15 is 0 Å². The van der Waals surface area contributed by atoms with Crippen LogP contribution >= 0.6 is 0 Å². The van der Waals surface area contributed by atoms with E-state index in [1.165, 1.54) is 9.80 Å². The third kappa shape index (κ3) is 52.3. The minimum Gasteiger partial charge on any atom is -0.370 e. The van der Waals surface area contributed by atoms with E-state index in [0.717, 1.165) is 102 Å². The Labute approximate surface area is 805 Å². The number of aliphatic imine (C=N–C) groups is 14. The van der Waals surface area contributed by atoms with Crippen molar-refractivity contribution in [2.45, 2.75) is 121 Å². The highest BCUT2D eigenvalue weighted by Crippen LogP contribution is 2.11. The number of hydrogen-bond acceptors (Lipinski definition) is 12. The molecular weight excluding hydrogens is 1770 g/mol. The predicted molar refractivity (Wildman–Crippen MR) is 564 cm³/mol. The molecule has 0 radical (unpaired) electrons. The summed E-state index contributed by atoms with van der Waals surface area (Å²) in [7, 11) is 20.5. The molecule has 0 unspecified atom stereocenters. The average Bonchev–Trinajstić information content (AvgIpc) is 1.71. The Morgan fingerprint density at radius 1 is 0.290 bits per heavy atom. The normalized spacial score (nSPS) is 11.5. The molecule has 0 saturated carbocycles. The summed E-state index contributed by atoms with van der Waals surface area (Å²) in [5.41, 5.74) is 116. The molecule has 0 spiro atoms. The van der Waals surface area contributed by atoms with E-state index in [9.17, 15) is 0 Å². The molecule has 0 saturated heterocycles. The topological polar surface area (TPSA) is 926 Å². The zero-order chi connectivity index (χ0) is 105. The van der Waals surface area contributed by atoms with Crippen LogP contribution in [0.3, 0.4) is 0 Å². The molecule has 9 aromatic heterocycles. The van der Waals surface area contributed by atoms with Crippen LogP contribution in [0.4, 0.5) is 0 Å². The minimum atomic E-state index is -0.139. The van der Waals surface area contributed by atoms with E-state index in [2.05, 4.69) is 125 Å². The zero-order valence-corrected chi connectivity index (χ0v) is 83.0. The van der Waals surface area contributed by atoms with Crippen LogP contribution in [-0.4, -0.2) is 271 Å². The first kappa shape index (κ1) is 118. The van der Waals surface area contributed by atoms with E-state index in [0.29, 0.717) is 82.7 Å². The molecule has 9 aromatic rings. The summed E-state index contributed by atoms with van der Waals surface area (Å²) in [4.78, 5) is 94.3. The van der Waals surface area contributed by atoms with Crippen molar-refractivity contribution < 1.29 is 0 Å². The molecule has 9 rings (SSSR count). The minimum absolute atomic E-state index is 0.00855. The largest absolute Gasteiger partial charge is 0.370 e. The van der Waals surface area contributed by atoms with Gasteiger partial charge < -0.3 is 178 Å². The van der Waals surface area contributed by atoms with Crippen molar-refractivity contribution in [1.29, 1.82) is 21.6 Å². The molecule has 0 aliphatic heterocycles. The van der Waals surface area contributed by atoms with Crippen LogP contribution < -0.4 is 114 Å². The number of hydrogen-bond donors (Lipinski definition) is 33. The van der Waals surface area contributed by atoms with Gasteiger partial charge in [-0.3, -0.25) is 56.7 Å². The third-order valence-corrected chi connectivity index (χ3v) is 17.6. The number of aromatic amines is 9. The van der Waals surface area contributed by atoms with E-state index in [-0.39, 0.29) is 83.4 Å². The Morgan fingerprint density at radius 3 is 0.928 bits per heavy atom. The van der Waals surface area contributed by atoms with E-state index < -0.39 is 0 Å². The Kier molecular flexibility index (Phi) is 53.5. The van der Waals surface area contributed by atoms with Gasteiger partial charge in [0.05, 0.1) is 58.9 Å². The van der Waals surface area contributed by atoms with Crippen LogP contribution in [0.5, 0.6) is 0 Å². The summed E-state index contributed by atoms with van der Waals surface area (Å²) in [6.45, 7) is 22.8. The molecule has 0 amide bonds. The second-order valence-corrected chi connectivity index (χ2v) is 30.4. The molecule has 54 heteroatoms. The maximum atomic E-state index is 7.80. The molecule has 9 heterocycles. The van der Waals surface area contributed by atoms with Crippen molar-refractivity contribution in [3.8, 4) is 0 Å². The molecule has 0 atom stereocenters. The number of guanidine groups is 18. The summed E-state index contributed by atoms with van der Waals surface area (Å²) in [5.74, 6) is 2.56. The second-order valence-electron chi connectivity index (χ2n) is 30.4. The smallest absolute Gasteiger partial charge is 0.223 e. The van der Waals surface area contributed by atoms with Crippen molar-refractivity contribution in [3.05, 3.63) is 212 Å². The quantitative estimate of drug-likeness (QED) is 0.0371. The molecule has 51 N–H and O–H groups in total. The summed E-state index contributed by atoms with van der Waals surface area (Å²) in [6.07, 6.45) is 0. The lowest BCUT2D eigenvalue weighted by molar-refractivity contribution is 0.436. The Hall–Kier alpha value is -17.8. The van der Waals surface area contributed by atoms with Crippen molar-refractivity contribution in [3.63, 3.8) is 0 Å². The standard InChI is InChI=1S/4C10H18N6.4C9H16N6.C8H14N6/c1-7-4-5-8(14-7)6-13-9(11)15-10(12)16(2)3;1-7-4-5-8(14-7)6-16(3)10(12)15-9(11)13-2;1-7-4-5-8(14-7)6-15(2)10(13)16(3)9(11)12;1-7-4-5-8(14-7)6-16(3)10(13-2)15-9(11)12;1-6-3-4-7(14-6)5-13-9(11)15-8(10)12-2;1-6-3-4-7(13-6)5-15(2)9(12)14-8(10)11;1-6-3-4-7(14-6)5-13-9(12)15(2)8(10)11;1-6-3-4-7(14-6)5-13-9(12-2)15-8(10)11;1-5-2-3-6(13-5)4-12-8(11)14-7(9)10/h2*4-5,14H,6H2,1-3H3,(H4,11,12,13,15);4-5,13-14H,6H2,1-3H3,(H3,11,12);4-5,14H,6H2,1-3H3,(H4,11,12,13,15);3-4,14H,5H2,1-2H3,(H5,10,11,12,13,15);3-4,13H,5H2,1-2H3,(H5,10,11,12,14);3-4,14H,5H2,1-2H3,(H3,10,11)(H2,12,13);3-4,14H,5H2,1-2H3,(H5,10,11,12,13,15);2-3,13H,4H2,1H3,(H6,9,10,11,12,14). The summed E-state index contributed by atoms with van der Waals surface area (Å²) < 4.78 is 0. The first-order valence-corrected chi connectivity index (χ1v) is 42.1. The number of aromatic nitrogens is 9. The highest BCUT2D eigenvalue weighted by Gasteiger charge is 2.15. The van der Waals surface area contributed by atoms with Crippen LogP contribution in [0, 0.1) is 84.0 Å². The molecule has 0 aromatic carbocycles. The number of rotatable bonds is 18. The van der Waals surface area contributed by atoms with Crippen LogP contribution in [0.15, 0.2) is 179 Å². The van der Waals surface area contributed by atoms with Crippen molar-refractivity contribution in [2.24, 2.45) is 173 Å². The Balaban J connectivity index is 0.000000776. The zero-order valence-electron chi connectivity index (χ0n) is 83.0. The van der Waals surface area contributed by atoms with Gasteiger partial charge in [0.25, 0.3) is 0 Å². The Bertz CT molecular complexity index is 5610. The van der Waals surface area contributed by atoms with Crippen molar-refractivity contribution >= 4 is 107 Å². The number of aryl methyl sites for hydroxylation is 9. The van der Waals surface area contributed by atoms with Crippen molar-refractivity contribution in [2.75, 3.05) is 84.6 Å². The lowest BCUT2D eigenvalue weighted by Gasteiger charge is -2.26. The van der Waals surface area contributed by atoms with Crippen molar-refractivity contribution in [1.82, 2.24) is 89.8 Å². The van der Waals surface area contributed by atoms with E-state index in [1.54, 1.807) is 90.1 Å². The van der Waals surface area contributed by atoms with Gasteiger partial charge in [0.15, 0.2) is 71.5 Å². The van der Waals surface area contributed by atoms with E-state index in [1.807, 2.05) is 191 Å². The van der Waals surface area contributed by atoms with Gasteiger partial charge in [-0.25, -0.2) is 20.0 Å². The molecule has 138 heavy (non-hydrogen) atoms. The van der Waals surface area contributed by atoms with Crippen LogP contribution in [0.25, 0.3) is 0 Å². The molecule has 0 bridgehead atoms. The van der Waals surface area contributed by atoms with Gasteiger partial charge in [-0.05, 0) is 172 Å². The number of nitrogens with two attached hydrogens (primary N) is 18. The van der Waals surface area contributed by atoms with E-state index in [4.69, 9.17) is 125 Å². The molecule has 0 aliphatic carbocycles. The number of H-pyrrole nitrogens is 9. The summed E-state index contributed by atoms with van der Waals surface area (Å²) in [6, 6.07) is 35.7. The molecule has 0 aliphatic rings. The summed E-state index contributed by atoms with van der Waals surface area (Å²) >= 11 is 0. The van der Waals surface area contributed by atoms with Gasteiger partial charge >= 0.3 is 0 Å². The van der Waals surface area contributed by atoms with Gasteiger partial charge in [0, 0.05) is 187 Å².